The second kappa shape index (κ2) is 61.4. The molecule has 0 fully saturated rings. The zero-order valence-corrected chi connectivity index (χ0v) is 47.8. The number of unbranched alkanes of at least 4 members (excludes halogenated alkanes) is 21. The van der Waals surface area contributed by atoms with Gasteiger partial charge in [0.15, 0.2) is 0 Å². The molecule has 1 atom stereocenters. The lowest BCUT2D eigenvalue weighted by atomic mass is 10.0. The van der Waals surface area contributed by atoms with Gasteiger partial charge in [0, 0.05) is 58.7 Å². The van der Waals surface area contributed by atoms with E-state index in [9.17, 15) is 19.2 Å². The van der Waals surface area contributed by atoms with Gasteiger partial charge in [-0.25, -0.2) is 0 Å². The molecule has 74 heavy (non-hydrogen) atoms. The summed E-state index contributed by atoms with van der Waals surface area (Å²) < 4.78 is 44.1. The third-order valence-electron chi connectivity index (χ3n) is 12.5. The van der Waals surface area contributed by atoms with Crippen LogP contribution in [0.4, 0.5) is 0 Å². The highest BCUT2D eigenvalue weighted by Crippen LogP contribution is 2.14. The molecule has 0 heterocycles. The van der Waals surface area contributed by atoms with Crippen molar-refractivity contribution in [2.45, 2.75) is 226 Å². The van der Waals surface area contributed by atoms with Crippen LogP contribution in [0.5, 0.6) is 0 Å². The molecule has 0 saturated carbocycles. The summed E-state index contributed by atoms with van der Waals surface area (Å²) in [7, 11) is 0. The van der Waals surface area contributed by atoms with Crippen LogP contribution in [0.25, 0.3) is 0 Å². The van der Waals surface area contributed by atoms with Crippen molar-refractivity contribution in [1.82, 2.24) is 21.3 Å². The Balaban J connectivity index is 4.07. The van der Waals surface area contributed by atoms with E-state index in [1.165, 1.54) is 109 Å². The van der Waals surface area contributed by atoms with E-state index in [4.69, 9.17) is 37.9 Å². The normalized spacial score (nSPS) is 11.8. The van der Waals surface area contributed by atoms with Crippen molar-refractivity contribution < 1.29 is 57.1 Å². The van der Waals surface area contributed by atoms with E-state index in [0.717, 1.165) is 58.0 Å². The van der Waals surface area contributed by atoms with Gasteiger partial charge in [0.05, 0.1) is 85.9 Å². The molecule has 0 aliphatic heterocycles. The van der Waals surface area contributed by atoms with Gasteiger partial charge in [-0.1, -0.05) is 149 Å². The molecule has 0 unspecified atom stereocenters. The van der Waals surface area contributed by atoms with Crippen LogP contribution in [0, 0.1) is 0 Å². The molecule has 4 amide bonds. The third-order valence-corrected chi connectivity index (χ3v) is 12.5. The molecule has 0 bridgehead atoms. The number of carbonyl (C=O) groups excluding carboxylic acids is 4. The Bertz CT molecular complexity index is 1210. The number of rotatable bonds is 62. The Hall–Kier alpha value is -2.44. The summed E-state index contributed by atoms with van der Waals surface area (Å²) in [6.07, 6.45) is 32.9. The molecule has 0 radical (unpaired) electrons. The predicted molar refractivity (Wildman–Crippen MR) is 298 cm³/mol. The smallest absolute Gasteiger partial charge is 0.242 e. The van der Waals surface area contributed by atoms with E-state index in [2.05, 4.69) is 42.0 Å². The van der Waals surface area contributed by atoms with Crippen molar-refractivity contribution in [2.24, 2.45) is 0 Å². The fourth-order valence-corrected chi connectivity index (χ4v) is 8.06. The zero-order valence-electron chi connectivity index (χ0n) is 47.8. The molecular weight excluding hydrogens is 945 g/mol. The summed E-state index contributed by atoms with van der Waals surface area (Å²) in [5, 5.41) is 11.9. The summed E-state index contributed by atoms with van der Waals surface area (Å²) >= 11 is 0. The lowest BCUT2D eigenvalue weighted by Gasteiger charge is -2.19. The highest BCUT2D eigenvalue weighted by Gasteiger charge is 2.20. The van der Waals surface area contributed by atoms with E-state index >= 15 is 0 Å². The van der Waals surface area contributed by atoms with Gasteiger partial charge in [0.2, 0.25) is 23.6 Å². The fraction of sp³-hybridized carbons (Fsp3) is 0.931. The summed E-state index contributed by atoms with van der Waals surface area (Å²) in [5.74, 6) is -0.207. The minimum Gasteiger partial charge on any atom is -0.379 e. The Morgan fingerprint density at radius 2 is 0.608 bits per heavy atom. The van der Waals surface area contributed by atoms with Crippen molar-refractivity contribution in [3.63, 3.8) is 0 Å². The van der Waals surface area contributed by atoms with Crippen molar-refractivity contribution >= 4 is 23.6 Å². The van der Waals surface area contributed by atoms with Crippen LogP contribution in [0.2, 0.25) is 0 Å². The Morgan fingerprint density at radius 1 is 0.284 bits per heavy atom. The quantitative estimate of drug-likeness (QED) is 0.0423. The first-order valence-electron chi connectivity index (χ1n) is 30.2. The number of nitrogens with one attached hydrogen (secondary N) is 4. The average Bonchev–Trinajstić information content (AvgIpc) is 3.39. The fourth-order valence-electron chi connectivity index (χ4n) is 8.06. The standard InChI is InChI=1S/C58H114N4O12/c1-4-7-9-11-13-15-17-19-21-23-25-32-55(63)59-35-28-27-31-54(62-57(65)33-26-24-22-20-18-16-14-12-10-8-5-2)58(66)61-37-30-40-69-44-48-72-47-43-68-39-29-36-60-56(64)34-41-70-45-49-73-51-53-74-52-50-71-46-42-67-38-6-3/h54H,4-53H2,1-3H3,(H,59,63)(H,60,64)(H,61,66)(H,62,65)/t54-/m1/s1. The second-order valence-corrected chi connectivity index (χ2v) is 19.5. The van der Waals surface area contributed by atoms with Crippen molar-refractivity contribution in [3.8, 4) is 0 Å². The number of ether oxygens (including phenoxy) is 8. The zero-order chi connectivity index (χ0) is 53.7. The Kier molecular flexibility index (Phi) is 59.4. The number of amides is 4. The highest BCUT2D eigenvalue weighted by molar-refractivity contribution is 5.87. The van der Waals surface area contributed by atoms with Gasteiger partial charge >= 0.3 is 0 Å². The molecule has 16 heteroatoms. The summed E-state index contributed by atoms with van der Waals surface area (Å²) in [5.41, 5.74) is 0. The Labute approximate surface area is 451 Å². The van der Waals surface area contributed by atoms with Gasteiger partial charge in [0.1, 0.15) is 6.04 Å². The van der Waals surface area contributed by atoms with Gasteiger partial charge in [-0.05, 0) is 51.4 Å². The SMILES string of the molecule is CCCCCCCCCCCCCC(=O)NCCCC[C@@H](NC(=O)CCCCCCCCCCCCC)C(=O)NCCCOCCOCCOCCCNC(=O)CCOCCOCCOCCOCCOCCC. The topological polar surface area (TPSA) is 190 Å². The first-order chi connectivity index (χ1) is 36.4. The highest BCUT2D eigenvalue weighted by atomic mass is 16.6. The molecule has 0 aromatic heterocycles. The summed E-state index contributed by atoms with van der Waals surface area (Å²) in [4.78, 5) is 50.7. The lowest BCUT2D eigenvalue weighted by molar-refractivity contribution is -0.129. The van der Waals surface area contributed by atoms with Gasteiger partial charge in [-0.15, -0.1) is 0 Å². The third kappa shape index (κ3) is 57.3. The van der Waals surface area contributed by atoms with Gasteiger partial charge in [0.25, 0.3) is 0 Å². The van der Waals surface area contributed by atoms with Crippen molar-refractivity contribution in [3.05, 3.63) is 0 Å². The first kappa shape index (κ1) is 71.6. The van der Waals surface area contributed by atoms with Gasteiger partial charge < -0.3 is 59.2 Å². The molecule has 16 nitrogen and oxygen atoms in total. The van der Waals surface area contributed by atoms with Crippen LogP contribution in [-0.2, 0) is 57.1 Å². The van der Waals surface area contributed by atoms with Gasteiger partial charge in [-0.2, -0.15) is 0 Å². The summed E-state index contributed by atoms with van der Waals surface area (Å²) in [6, 6.07) is -0.602. The van der Waals surface area contributed by atoms with Crippen LogP contribution < -0.4 is 21.3 Å². The summed E-state index contributed by atoms with van der Waals surface area (Å²) in [6.45, 7) is 16.1. The first-order valence-corrected chi connectivity index (χ1v) is 30.2. The van der Waals surface area contributed by atoms with Crippen LogP contribution in [0.3, 0.4) is 0 Å². The minimum atomic E-state index is -0.602. The molecule has 4 N–H and O–H groups in total. The lowest BCUT2D eigenvalue weighted by Crippen LogP contribution is -2.47. The molecular formula is C58H114N4O12. The van der Waals surface area contributed by atoms with E-state index in [1.807, 2.05) is 0 Å². The van der Waals surface area contributed by atoms with E-state index in [1.54, 1.807) is 0 Å². The number of hydrogen-bond acceptors (Lipinski definition) is 12. The number of carbonyl (C=O) groups is 4. The van der Waals surface area contributed by atoms with Crippen LogP contribution >= 0.6 is 0 Å². The maximum atomic E-state index is 13.3. The number of hydrogen-bond donors (Lipinski definition) is 4. The molecule has 0 spiro atoms. The van der Waals surface area contributed by atoms with Crippen LogP contribution in [-0.4, -0.2) is 155 Å². The minimum absolute atomic E-state index is 0.0589. The van der Waals surface area contributed by atoms with Crippen LogP contribution in [0.1, 0.15) is 220 Å². The monoisotopic (exact) mass is 1060 g/mol. The molecule has 0 aliphatic rings. The van der Waals surface area contributed by atoms with E-state index in [0.29, 0.717) is 157 Å². The van der Waals surface area contributed by atoms with Crippen LogP contribution in [0.15, 0.2) is 0 Å². The average molecular weight is 1060 g/mol. The molecule has 438 valence electrons. The molecule has 0 rings (SSSR count). The van der Waals surface area contributed by atoms with E-state index in [-0.39, 0.29) is 23.6 Å². The molecule has 0 aromatic rings. The van der Waals surface area contributed by atoms with Crippen molar-refractivity contribution in [1.29, 1.82) is 0 Å². The molecule has 0 saturated heterocycles. The molecule has 0 aromatic carbocycles. The maximum Gasteiger partial charge on any atom is 0.242 e. The Morgan fingerprint density at radius 3 is 1.03 bits per heavy atom. The van der Waals surface area contributed by atoms with Crippen molar-refractivity contribution in [2.75, 3.05) is 125 Å². The largest absolute Gasteiger partial charge is 0.379 e. The maximum absolute atomic E-state index is 13.3. The second-order valence-electron chi connectivity index (χ2n) is 19.5. The predicted octanol–water partition coefficient (Wildman–Crippen LogP) is 10.1. The van der Waals surface area contributed by atoms with E-state index < -0.39 is 6.04 Å². The molecule has 0 aliphatic carbocycles. The van der Waals surface area contributed by atoms with Gasteiger partial charge in [-0.3, -0.25) is 19.2 Å².